The number of hydrogen-bond donors (Lipinski definition) is 1. The van der Waals surface area contributed by atoms with E-state index in [1.165, 1.54) is 0 Å². The standard InChI is InChI=1S/C12H23NO4/c1-6-16-7-8(2)10-9(11(14)15)13(5)12(3,4)17-10/h8-10H,6-7H2,1-5H3,(H,14,15)/t8-,9+,10-/m1/s1. The molecular weight excluding hydrogens is 222 g/mol. The minimum absolute atomic E-state index is 0.0558. The summed E-state index contributed by atoms with van der Waals surface area (Å²) in [5, 5.41) is 9.30. The molecule has 1 aliphatic rings. The zero-order valence-corrected chi connectivity index (χ0v) is 11.3. The van der Waals surface area contributed by atoms with Gasteiger partial charge in [0, 0.05) is 12.5 Å². The van der Waals surface area contributed by atoms with E-state index in [0.29, 0.717) is 13.2 Å². The molecule has 0 aromatic carbocycles. The van der Waals surface area contributed by atoms with Crippen molar-refractivity contribution in [1.82, 2.24) is 4.90 Å². The SMILES string of the molecule is CCOC[C@@H](C)[C@H]1OC(C)(C)N(C)[C@@H]1C(=O)O. The Kier molecular flexibility index (Phi) is 4.52. The van der Waals surface area contributed by atoms with Crippen LogP contribution in [-0.4, -0.2) is 54.1 Å². The molecule has 0 radical (unpaired) electrons. The van der Waals surface area contributed by atoms with Crippen LogP contribution in [0.2, 0.25) is 0 Å². The minimum Gasteiger partial charge on any atom is -0.480 e. The molecule has 100 valence electrons. The van der Waals surface area contributed by atoms with Gasteiger partial charge in [-0.1, -0.05) is 6.92 Å². The van der Waals surface area contributed by atoms with Crippen molar-refractivity contribution < 1.29 is 19.4 Å². The molecule has 0 saturated carbocycles. The quantitative estimate of drug-likeness (QED) is 0.788. The fraction of sp³-hybridized carbons (Fsp3) is 0.917. The molecule has 0 unspecified atom stereocenters. The second-order valence-electron chi connectivity index (χ2n) is 5.06. The van der Waals surface area contributed by atoms with Crippen LogP contribution in [0.15, 0.2) is 0 Å². The van der Waals surface area contributed by atoms with Gasteiger partial charge in [0.25, 0.3) is 0 Å². The van der Waals surface area contributed by atoms with Crippen LogP contribution in [-0.2, 0) is 14.3 Å². The first-order valence-corrected chi connectivity index (χ1v) is 6.02. The summed E-state index contributed by atoms with van der Waals surface area (Å²) in [7, 11) is 1.78. The van der Waals surface area contributed by atoms with E-state index >= 15 is 0 Å². The van der Waals surface area contributed by atoms with E-state index in [-0.39, 0.29) is 12.0 Å². The molecule has 0 aromatic heterocycles. The average molecular weight is 245 g/mol. The molecule has 1 heterocycles. The van der Waals surface area contributed by atoms with Gasteiger partial charge >= 0.3 is 5.97 Å². The van der Waals surface area contributed by atoms with Crippen molar-refractivity contribution in [1.29, 1.82) is 0 Å². The van der Waals surface area contributed by atoms with E-state index in [4.69, 9.17) is 9.47 Å². The lowest BCUT2D eigenvalue weighted by Crippen LogP contribution is -2.46. The Morgan fingerprint density at radius 2 is 2.18 bits per heavy atom. The molecule has 1 aliphatic heterocycles. The van der Waals surface area contributed by atoms with Crippen molar-refractivity contribution in [2.45, 2.75) is 45.6 Å². The van der Waals surface area contributed by atoms with Crippen LogP contribution in [0.5, 0.6) is 0 Å². The maximum atomic E-state index is 11.3. The maximum absolute atomic E-state index is 11.3. The second kappa shape index (κ2) is 5.33. The molecule has 0 amide bonds. The molecule has 0 aromatic rings. The molecule has 0 spiro atoms. The fourth-order valence-electron chi connectivity index (χ4n) is 2.17. The second-order valence-corrected chi connectivity index (χ2v) is 5.06. The van der Waals surface area contributed by atoms with Crippen LogP contribution >= 0.6 is 0 Å². The topological polar surface area (TPSA) is 59.0 Å². The predicted molar refractivity (Wildman–Crippen MR) is 63.8 cm³/mol. The van der Waals surface area contributed by atoms with Gasteiger partial charge in [0.05, 0.1) is 12.7 Å². The van der Waals surface area contributed by atoms with Crippen LogP contribution in [0.25, 0.3) is 0 Å². The lowest BCUT2D eigenvalue weighted by molar-refractivity contribution is -0.143. The van der Waals surface area contributed by atoms with Crippen molar-refractivity contribution in [2.24, 2.45) is 5.92 Å². The lowest BCUT2D eigenvalue weighted by atomic mass is 9.98. The summed E-state index contributed by atoms with van der Waals surface area (Å²) in [6.07, 6.45) is -0.334. The summed E-state index contributed by atoms with van der Waals surface area (Å²) < 4.78 is 11.2. The van der Waals surface area contributed by atoms with Gasteiger partial charge in [-0.25, -0.2) is 0 Å². The van der Waals surface area contributed by atoms with E-state index in [1.807, 2.05) is 27.7 Å². The van der Waals surface area contributed by atoms with E-state index < -0.39 is 17.7 Å². The first-order chi connectivity index (χ1) is 7.81. The zero-order chi connectivity index (χ0) is 13.2. The highest BCUT2D eigenvalue weighted by Crippen LogP contribution is 2.34. The average Bonchev–Trinajstić information content (AvgIpc) is 2.47. The van der Waals surface area contributed by atoms with Gasteiger partial charge in [0.1, 0.15) is 11.8 Å². The van der Waals surface area contributed by atoms with E-state index in [0.717, 1.165) is 0 Å². The maximum Gasteiger partial charge on any atom is 0.323 e. The molecule has 5 heteroatoms. The summed E-state index contributed by atoms with van der Waals surface area (Å²) in [6, 6.07) is -0.611. The number of rotatable bonds is 5. The van der Waals surface area contributed by atoms with Gasteiger partial charge in [0.15, 0.2) is 0 Å². The van der Waals surface area contributed by atoms with Crippen molar-refractivity contribution in [3.8, 4) is 0 Å². The monoisotopic (exact) mass is 245 g/mol. The summed E-state index contributed by atoms with van der Waals surface area (Å²) in [6.45, 7) is 8.81. The largest absolute Gasteiger partial charge is 0.480 e. The van der Waals surface area contributed by atoms with Crippen LogP contribution < -0.4 is 0 Å². The Labute approximate surface area is 103 Å². The number of carbonyl (C=O) groups is 1. The Hall–Kier alpha value is -0.650. The number of hydrogen-bond acceptors (Lipinski definition) is 4. The predicted octanol–water partition coefficient (Wildman–Crippen LogP) is 1.18. The summed E-state index contributed by atoms with van der Waals surface area (Å²) in [5.74, 6) is -0.785. The van der Waals surface area contributed by atoms with E-state index in [9.17, 15) is 9.90 Å². The number of aliphatic carboxylic acids is 1. The van der Waals surface area contributed by atoms with E-state index in [1.54, 1.807) is 11.9 Å². The summed E-state index contributed by atoms with van der Waals surface area (Å²) in [5.41, 5.74) is -0.547. The Morgan fingerprint density at radius 3 is 2.65 bits per heavy atom. The smallest absolute Gasteiger partial charge is 0.323 e. The normalized spacial score (nSPS) is 30.4. The number of carboxylic acids is 1. The number of ether oxygens (including phenoxy) is 2. The third-order valence-electron chi connectivity index (χ3n) is 3.40. The van der Waals surface area contributed by atoms with Gasteiger partial charge in [-0.2, -0.15) is 0 Å². The first-order valence-electron chi connectivity index (χ1n) is 6.02. The molecule has 1 fully saturated rings. The molecule has 1 N–H and O–H groups in total. The van der Waals surface area contributed by atoms with Gasteiger partial charge in [0.2, 0.25) is 0 Å². The zero-order valence-electron chi connectivity index (χ0n) is 11.3. The van der Waals surface area contributed by atoms with Gasteiger partial charge in [-0.15, -0.1) is 0 Å². The molecule has 3 atom stereocenters. The first kappa shape index (κ1) is 14.4. The van der Waals surface area contributed by atoms with Gasteiger partial charge in [-0.05, 0) is 27.8 Å². The summed E-state index contributed by atoms with van der Waals surface area (Å²) >= 11 is 0. The highest BCUT2D eigenvalue weighted by molar-refractivity contribution is 5.74. The Balaban J connectivity index is 2.79. The highest BCUT2D eigenvalue weighted by Gasteiger charge is 2.50. The van der Waals surface area contributed by atoms with Crippen molar-refractivity contribution in [3.63, 3.8) is 0 Å². The summed E-state index contributed by atoms with van der Waals surface area (Å²) in [4.78, 5) is 13.1. The van der Waals surface area contributed by atoms with Crippen LogP contribution in [0.4, 0.5) is 0 Å². The van der Waals surface area contributed by atoms with Crippen LogP contribution in [0, 0.1) is 5.92 Å². The van der Waals surface area contributed by atoms with Crippen LogP contribution in [0.1, 0.15) is 27.7 Å². The molecule has 0 bridgehead atoms. The molecule has 17 heavy (non-hydrogen) atoms. The number of carboxylic acid groups (broad SMARTS) is 1. The molecule has 1 saturated heterocycles. The van der Waals surface area contributed by atoms with E-state index in [2.05, 4.69) is 0 Å². The Morgan fingerprint density at radius 1 is 1.59 bits per heavy atom. The van der Waals surface area contributed by atoms with Crippen LogP contribution in [0.3, 0.4) is 0 Å². The lowest BCUT2D eigenvalue weighted by Gasteiger charge is -2.27. The molecule has 1 rings (SSSR count). The Bertz CT molecular complexity index is 280. The molecular formula is C12H23NO4. The third kappa shape index (κ3) is 2.97. The molecule has 5 nitrogen and oxygen atoms in total. The third-order valence-corrected chi connectivity index (χ3v) is 3.40. The number of likely N-dealkylation sites (N-methyl/N-ethyl adjacent to an activating group) is 1. The van der Waals surface area contributed by atoms with Gasteiger partial charge < -0.3 is 14.6 Å². The number of nitrogens with zero attached hydrogens (tertiary/aromatic N) is 1. The van der Waals surface area contributed by atoms with Crippen molar-refractivity contribution in [3.05, 3.63) is 0 Å². The van der Waals surface area contributed by atoms with Gasteiger partial charge in [-0.3, -0.25) is 9.69 Å². The van der Waals surface area contributed by atoms with Crippen molar-refractivity contribution in [2.75, 3.05) is 20.3 Å². The highest BCUT2D eigenvalue weighted by atomic mass is 16.5. The minimum atomic E-state index is -0.841. The van der Waals surface area contributed by atoms with Crippen molar-refractivity contribution >= 4 is 5.97 Å². The fourth-order valence-corrected chi connectivity index (χ4v) is 2.17. The molecule has 0 aliphatic carbocycles.